The van der Waals surface area contributed by atoms with Crippen LogP contribution in [-0.2, 0) is 10.0 Å². The maximum absolute atomic E-state index is 13.0. The molecule has 1 aromatic heterocycles. The van der Waals surface area contributed by atoms with Gasteiger partial charge >= 0.3 is 0 Å². The highest BCUT2D eigenvalue weighted by atomic mass is 35.5. The van der Waals surface area contributed by atoms with Gasteiger partial charge in [-0.1, -0.05) is 42.6 Å². The Bertz CT molecular complexity index is 1200. The molecule has 2 aromatic carbocycles. The number of nitrogens with one attached hydrogen (secondary N) is 1. The van der Waals surface area contributed by atoms with E-state index in [-0.39, 0.29) is 10.7 Å². The number of hydrogen-bond acceptors (Lipinski definition) is 4. The Morgan fingerprint density at radius 2 is 1.77 bits per heavy atom. The monoisotopic (exact) mass is 446 g/mol. The second-order valence-corrected chi connectivity index (χ2v) is 9.82. The van der Waals surface area contributed by atoms with Crippen LogP contribution >= 0.6 is 11.6 Å². The van der Waals surface area contributed by atoms with Crippen molar-refractivity contribution in [2.24, 2.45) is 0 Å². The predicted octanol–water partition coefficient (Wildman–Crippen LogP) is 5.21. The average Bonchev–Trinajstić information content (AvgIpc) is 2.90. The third-order valence-electron chi connectivity index (χ3n) is 5.42. The first-order valence-corrected chi connectivity index (χ1v) is 11.8. The van der Waals surface area contributed by atoms with Gasteiger partial charge in [-0.2, -0.15) is 4.31 Å². The number of benzene rings is 2. The van der Waals surface area contributed by atoms with E-state index in [1.54, 1.807) is 37.3 Å². The number of para-hydroxylation sites is 1. The van der Waals surface area contributed by atoms with Crippen molar-refractivity contribution in [3.63, 3.8) is 0 Å². The smallest absolute Gasteiger partial charge is 0.291 e. The van der Waals surface area contributed by atoms with Crippen LogP contribution in [0.4, 0.5) is 5.69 Å². The Morgan fingerprint density at radius 3 is 2.47 bits per heavy atom. The second-order valence-electron chi connectivity index (χ2n) is 7.47. The van der Waals surface area contributed by atoms with Crippen molar-refractivity contribution in [2.45, 2.75) is 37.5 Å². The number of amides is 1. The van der Waals surface area contributed by atoms with Gasteiger partial charge in [0.15, 0.2) is 11.3 Å². The summed E-state index contributed by atoms with van der Waals surface area (Å²) in [5, 5.41) is 3.95. The quantitative estimate of drug-likeness (QED) is 0.596. The van der Waals surface area contributed by atoms with E-state index in [9.17, 15) is 13.2 Å². The molecule has 0 saturated carbocycles. The topological polar surface area (TPSA) is 79.6 Å². The van der Waals surface area contributed by atoms with Crippen LogP contribution in [0.1, 0.15) is 41.8 Å². The molecule has 1 saturated heterocycles. The van der Waals surface area contributed by atoms with Crippen LogP contribution in [0.25, 0.3) is 11.0 Å². The highest BCUT2D eigenvalue weighted by Crippen LogP contribution is 2.31. The minimum atomic E-state index is -3.60. The summed E-state index contributed by atoms with van der Waals surface area (Å²) in [4.78, 5) is 13.0. The van der Waals surface area contributed by atoms with Crippen LogP contribution in [-0.4, -0.2) is 31.7 Å². The molecule has 1 aliphatic rings. The Hall–Kier alpha value is -2.35. The standard InChI is InChI=1S/C22H23ClN2O4S/c1-15-18-10-7-11-19(23)21(18)29-20(15)22(26)24-16-8-6-9-17(14-16)30(27,28)25-12-4-2-3-5-13-25/h6-11,14H,2-5,12-13H2,1H3,(H,24,26). The molecule has 158 valence electrons. The number of hydrogen-bond donors (Lipinski definition) is 1. The fourth-order valence-electron chi connectivity index (χ4n) is 3.78. The fourth-order valence-corrected chi connectivity index (χ4v) is 5.56. The molecular formula is C22H23ClN2O4S. The van der Waals surface area contributed by atoms with Gasteiger partial charge in [-0.25, -0.2) is 8.42 Å². The van der Waals surface area contributed by atoms with Gasteiger partial charge in [-0.3, -0.25) is 4.79 Å². The van der Waals surface area contributed by atoms with Crippen LogP contribution in [0, 0.1) is 6.92 Å². The van der Waals surface area contributed by atoms with Gasteiger partial charge in [0.1, 0.15) is 0 Å². The van der Waals surface area contributed by atoms with E-state index in [4.69, 9.17) is 16.0 Å². The molecule has 1 fully saturated rings. The zero-order valence-electron chi connectivity index (χ0n) is 16.7. The maximum Gasteiger partial charge on any atom is 0.291 e. The summed E-state index contributed by atoms with van der Waals surface area (Å²) in [6.07, 6.45) is 3.82. The predicted molar refractivity (Wildman–Crippen MR) is 118 cm³/mol. The lowest BCUT2D eigenvalue weighted by molar-refractivity contribution is 0.0998. The molecule has 1 aliphatic heterocycles. The Kier molecular flexibility index (Phi) is 5.86. The van der Waals surface area contributed by atoms with E-state index < -0.39 is 15.9 Å². The van der Waals surface area contributed by atoms with Crippen molar-refractivity contribution < 1.29 is 17.6 Å². The molecule has 3 aromatic rings. The third-order valence-corrected chi connectivity index (χ3v) is 7.61. The minimum absolute atomic E-state index is 0.152. The largest absolute Gasteiger partial charge is 0.449 e. The molecule has 0 spiro atoms. The van der Waals surface area contributed by atoms with E-state index in [1.165, 1.54) is 10.4 Å². The zero-order valence-corrected chi connectivity index (χ0v) is 18.2. The molecule has 0 atom stereocenters. The van der Waals surface area contributed by atoms with Crippen molar-refractivity contribution >= 4 is 44.2 Å². The SMILES string of the molecule is Cc1c(C(=O)Nc2cccc(S(=O)(=O)N3CCCCCC3)c2)oc2c(Cl)cccc12. The minimum Gasteiger partial charge on any atom is -0.449 e. The van der Waals surface area contributed by atoms with Crippen LogP contribution in [0.2, 0.25) is 5.02 Å². The van der Waals surface area contributed by atoms with E-state index >= 15 is 0 Å². The van der Waals surface area contributed by atoms with Gasteiger partial charge in [0.05, 0.1) is 9.92 Å². The molecule has 1 amide bonds. The lowest BCUT2D eigenvalue weighted by atomic mass is 10.1. The number of sulfonamides is 1. The number of fused-ring (bicyclic) bond motifs is 1. The number of anilines is 1. The summed E-state index contributed by atoms with van der Waals surface area (Å²) in [5.74, 6) is -0.303. The first-order chi connectivity index (χ1) is 14.4. The van der Waals surface area contributed by atoms with Crippen LogP contribution in [0.3, 0.4) is 0 Å². The lowest BCUT2D eigenvalue weighted by Gasteiger charge is -2.20. The summed E-state index contributed by atoms with van der Waals surface area (Å²) < 4.78 is 33.3. The molecule has 6 nitrogen and oxygen atoms in total. The second kappa shape index (κ2) is 8.41. The molecule has 0 bridgehead atoms. The number of halogens is 1. The summed E-state index contributed by atoms with van der Waals surface area (Å²) >= 11 is 6.17. The molecule has 30 heavy (non-hydrogen) atoms. The summed E-state index contributed by atoms with van der Waals surface area (Å²) in [5.41, 5.74) is 1.53. The molecule has 0 radical (unpaired) electrons. The van der Waals surface area contributed by atoms with Gasteiger partial charge in [-0.15, -0.1) is 0 Å². The first kappa shape index (κ1) is 20.9. The van der Waals surface area contributed by atoms with Crippen molar-refractivity contribution in [1.29, 1.82) is 0 Å². The molecule has 0 unspecified atom stereocenters. The summed E-state index contributed by atoms with van der Waals surface area (Å²) in [7, 11) is -3.60. The van der Waals surface area contributed by atoms with E-state index in [0.29, 0.717) is 34.9 Å². The highest BCUT2D eigenvalue weighted by Gasteiger charge is 2.26. The number of carbonyl (C=O) groups is 1. The molecule has 2 heterocycles. The Morgan fingerprint density at radius 1 is 1.07 bits per heavy atom. The van der Waals surface area contributed by atoms with Gasteiger partial charge in [-0.05, 0) is 44.0 Å². The average molecular weight is 447 g/mol. The molecule has 1 N–H and O–H groups in total. The number of rotatable bonds is 4. The molecule has 8 heteroatoms. The number of furan rings is 1. The normalized spacial score (nSPS) is 15.8. The third kappa shape index (κ3) is 3.97. The zero-order chi connectivity index (χ0) is 21.3. The molecular weight excluding hydrogens is 424 g/mol. The highest BCUT2D eigenvalue weighted by molar-refractivity contribution is 7.89. The van der Waals surface area contributed by atoms with E-state index in [2.05, 4.69) is 5.32 Å². The number of aryl methyl sites for hydroxylation is 1. The van der Waals surface area contributed by atoms with Crippen molar-refractivity contribution in [1.82, 2.24) is 4.31 Å². The first-order valence-electron chi connectivity index (χ1n) is 9.97. The number of carbonyl (C=O) groups excluding carboxylic acids is 1. The van der Waals surface area contributed by atoms with Crippen LogP contribution in [0.15, 0.2) is 51.8 Å². The van der Waals surface area contributed by atoms with Crippen molar-refractivity contribution in [2.75, 3.05) is 18.4 Å². The van der Waals surface area contributed by atoms with Crippen LogP contribution in [0.5, 0.6) is 0 Å². The van der Waals surface area contributed by atoms with Crippen molar-refractivity contribution in [3.05, 3.63) is 58.8 Å². The van der Waals surface area contributed by atoms with Gasteiger partial charge in [0.2, 0.25) is 10.0 Å². The van der Waals surface area contributed by atoms with E-state index in [0.717, 1.165) is 31.1 Å². The van der Waals surface area contributed by atoms with Gasteiger partial charge in [0.25, 0.3) is 5.91 Å². The maximum atomic E-state index is 13.0. The van der Waals surface area contributed by atoms with Crippen LogP contribution < -0.4 is 5.32 Å². The van der Waals surface area contributed by atoms with Gasteiger partial charge in [0, 0.05) is 29.7 Å². The summed E-state index contributed by atoms with van der Waals surface area (Å²) in [6.45, 7) is 2.84. The lowest BCUT2D eigenvalue weighted by Crippen LogP contribution is -2.32. The molecule has 4 rings (SSSR count). The fraction of sp³-hybridized carbons (Fsp3) is 0.318. The Balaban J connectivity index is 1.60. The van der Waals surface area contributed by atoms with E-state index in [1.807, 2.05) is 6.07 Å². The Labute approximate surface area is 180 Å². The van der Waals surface area contributed by atoms with Crippen molar-refractivity contribution in [3.8, 4) is 0 Å². The summed E-state index contributed by atoms with van der Waals surface area (Å²) in [6, 6.07) is 11.7. The van der Waals surface area contributed by atoms with Gasteiger partial charge < -0.3 is 9.73 Å². The number of nitrogens with zero attached hydrogens (tertiary/aromatic N) is 1. The molecule has 0 aliphatic carbocycles.